The van der Waals surface area contributed by atoms with Gasteiger partial charge in [0.25, 0.3) is 0 Å². The summed E-state index contributed by atoms with van der Waals surface area (Å²) >= 11 is 0. The van der Waals surface area contributed by atoms with E-state index in [0.717, 1.165) is 6.42 Å². The van der Waals surface area contributed by atoms with Crippen LogP contribution in [0.5, 0.6) is 0 Å². The number of nitro groups is 1. The van der Waals surface area contributed by atoms with Gasteiger partial charge in [-0.25, -0.2) is 0 Å². The van der Waals surface area contributed by atoms with Crippen molar-refractivity contribution in [2.45, 2.75) is 18.4 Å². The Balaban J connectivity index is 2.19. The zero-order chi connectivity index (χ0) is 8.72. The van der Waals surface area contributed by atoms with Crippen molar-refractivity contribution in [2.75, 3.05) is 0 Å². The highest BCUT2D eigenvalue weighted by atomic mass is 16.6. The molecule has 6 heteroatoms. The smallest absolute Gasteiger partial charge is 0.342 e. The summed E-state index contributed by atoms with van der Waals surface area (Å²) in [6.07, 6.45) is 0.877. The van der Waals surface area contributed by atoms with E-state index < -0.39 is 4.92 Å². The van der Waals surface area contributed by atoms with Gasteiger partial charge in [-0.05, 0) is 11.3 Å². The molecule has 1 saturated carbocycles. The number of aromatic amines is 1. The lowest BCUT2D eigenvalue weighted by Crippen LogP contribution is -2.00. The normalized spacial score (nSPS) is 27.1. The molecule has 2 rings (SSSR count). The molecule has 0 unspecified atom stereocenters. The van der Waals surface area contributed by atoms with Gasteiger partial charge >= 0.3 is 5.82 Å². The van der Waals surface area contributed by atoms with Crippen molar-refractivity contribution >= 4 is 5.82 Å². The first-order chi connectivity index (χ1) is 5.68. The zero-order valence-corrected chi connectivity index (χ0v) is 6.23. The first-order valence-electron chi connectivity index (χ1n) is 3.64. The fraction of sp³-hybridized carbons (Fsp3) is 0.500. The van der Waals surface area contributed by atoms with Crippen molar-refractivity contribution in [3.05, 3.63) is 21.9 Å². The van der Waals surface area contributed by atoms with Crippen molar-refractivity contribution < 1.29 is 4.92 Å². The maximum atomic E-state index is 10.2. The molecule has 0 aliphatic heterocycles. The molecule has 1 heterocycles. The number of aromatic nitrogens is 2. The van der Waals surface area contributed by atoms with Crippen molar-refractivity contribution in [1.29, 1.82) is 0 Å². The largest absolute Gasteiger partial charge is 0.358 e. The highest BCUT2D eigenvalue weighted by Gasteiger charge is 2.38. The fourth-order valence-corrected chi connectivity index (χ4v) is 1.16. The van der Waals surface area contributed by atoms with Gasteiger partial charge in [0, 0.05) is 12.0 Å². The highest BCUT2D eigenvalue weighted by molar-refractivity contribution is 5.28. The number of nitrogens with two attached hydrogens (primary N) is 1. The average Bonchev–Trinajstić information content (AvgIpc) is 2.59. The van der Waals surface area contributed by atoms with Crippen LogP contribution in [0, 0.1) is 10.1 Å². The second-order valence-corrected chi connectivity index (χ2v) is 2.94. The third-order valence-electron chi connectivity index (χ3n) is 2.00. The molecule has 0 aromatic carbocycles. The molecule has 1 fully saturated rings. The topological polar surface area (TPSA) is 97.8 Å². The first-order valence-corrected chi connectivity index (χ1v) is 3.64. The van der Waals surface area contributed by atoms with Gasteiger partial charge in [-0.15, -0.1) is 5.10 Å². The number of nitrogens with zero attached hydrogens (tertiary/aromatic N) is 2. The third kappa shape index (κ3) is 1.06. The number of hydrogen-bond donors (Lipinski definition) is 2. The second kappa shape index (κ2) is 2.28. The van der Waals surface area contributed by atoms with Crippen LogP contribution in [-0.4, -0.2) is 21.2 Å². The molecule has 0 bridgehead atoms. The number of H-pyrrole nitrogens is 1. The maximum absolute atomic E-state index is 10.2. The predicted molar refractivity (Wildman–Crippen MR) is 40.6 cm³/mol. The Hall–Kier alpha value is -1.43. The van der Waals surface area contributed by atoms with Gasteiger partial charge in [0.05, 0.1) is 11.8 Å². The summed E-state index contributed by atoms with van der Waals surface area (Å²) < 4.78 is 0. The van der Waals surface area contributed by atoms with Gasteiger partial charge in [-0.3, -0.25) is 0 Å². The van der Waals surface area contributed by atoms with Gasteiger partial charge in [0.15, 0.2) is 0 Å². The Kier molecular flexibility index (Phi) is 1.37. The van der Waals surface area contributed by atoms with E-state index in [1.807, 2.05) is 0 Å². The quantitative estimate of drug-likeness (QED) is 0.484. The lowest BCUT2D eigenvalue weighted by molar-refractivity contribution is -0.389. The van der Waals surface area contributed by atoms with Crippen LogP contribution in [0.1, 0.15) is 18.0 Å². The van der Waals surface area contributed by atoms with Crippen LogP contribution >= 0.6 is 0 Å². The summed E-state index contributed by atoms with van der Waals surface area (Å²) in [5, 5.41) is 16.4. The molecule has 2 atom stereocenters. The van der Waals surface area contributed by atoms with Crippen molar-refractivity contribution in [3.8, 4) is 0 Å². The van der Waals surface area contributed by atoms with Gasteiger partial charge in [-0.1, -0.05) is 5.10 Å². The Bertz CT molecular complexity index is 321. The summed E-state index contributed by atoms with van der Waals surface area (Å²) in [5.41, 5.74) is 6.26. The van der Waals surface area contributed by atoms with E-state index in [-0.39, 0.29) is 17.8 Å². The van der Waals surface area contributed by atoms with Gasteiger partial charge in [0.2, 0.25) is 0 Å². The maximum Gasteiger partial charge on any atom is 0.342 e. The molecule has 12 heavy (non-hydrogen) atoms. The Morgan fingerprint density at radius 1 is 1.83 bits per heavy atom. The summed E-state index contributed by atoms with van der Waals surface area (Å²) in [6.45, 7) is 0. The van der Waals surface area contributed by atoms with Gasteiger partial charge < -0.3 is 15.8 Å². The van der Waals surface area contributed by atoms with E-state index >= 15 is 0 Å². The van der Waals surface area contributed by atoms with Crippen LogP contribution in [0.25, 0.3) is 0 Å². The van der Waals surface area contributed by atoms with E-state index in [2.05, 4.69) is 10.2 Å². The lowest BCUT2D eigenvalue weighted by Gasteiger charge is -1.85. The second-order valence-electron chi connectivity index (χ2n) is 2.94. The van der Waals surface area contributed by atoms with Crippen molar-refractivity contribution in [3.63, 3.8) is 0 Å². The van der Waals surface area contributed by atoms with E-state index in [1.165, 1.54) is 6.07 Å². The molecule has 0 saturated heterocycles. The van der Waals surface area contributed by atoms with Crippen molar-refractivity contribution in [2.24, 2.45) is 5.73 Å². The third-order valence-corrected chi connectivity index (χ3v) is 2.00. The highest BCUT2D eigenvalue weighted by Crippen LogP contribution is 2.38. The molecule has 64 valence electrons. The van der Waals surface area contributed by atoms with Gasteiger partial charge in [0.1, 0.15) is 0 Å². The number of rotatable bonds is 2. The van der Waals surface area contributed by atoms with Crippen molar-refractivity contribution in [1.82, 2.24) is 10.2 Å². The average molecular weight is 168 g/mol. The molecule has 0 amide bonds. The minimum Gasteiger partial charge on any atom is -0.358 e. The molecule has 1 aromatic heterocycles. The van der Waals surface area contributed by atoms with E-state index in [4.69, 9.17) is 5.73 Å². The summed E-state index contributed by atoms with van der Waals surface area (Å²) in [4.78, 5) is 9.75. The molecule has 6 nitrogen and oxygen atoms in total. The Morgan fingerprint density at radius 2 is 2.50 bits per heavy atom. The summed E-state index contributed by atoms with van der Waals surface area (Å²) in [7, 11) is 0. The minimum atomic E-state index is -0.496. The molecule has 1 aliphatic carbocycles. The zero-order valence-electron chi connectivity index (χ0n) is 6.23. The molecular weight excluding hydrogens is 160 g/mol. The molecule has 0 radical (unpaired) electrons. The Morgan fingerprint density at radius 3 is 2.92 bits per heavy atom. The SMILES string of the molecule is N[C@@H]1C[C@H]1c1cc([N+](=O)[O-])[nH]n1. The number of nitrogens with one attached hydrogen (secondary N) is 1. The molecule has 3 N–H and O–H groups in total. The monoisotopic (exact) mass is 168 g/mol. The van der Waals surface area contributed by atoms with Crippen LogP contribution in [0.3, 0.4) is 0 Å². The minimum absolute atomic E-state index is 0.0656. The summed E-state index contributed by atoms with van der Waals surface area (Å²) in [6, 6.07) is 1.57. The molecule has 0 spiro atoms. The number of hydrogen-bond acceptors (Lipinski definition) is 4. The van der Waals surface area contributed by atoms with Gasteiger partial charge in [-0.2, -0.15) is 0 Å². The Labute approximate surface area is 67.9 Å². The van der Waals surface area contributed by atoms with E-state index in [0.29, 0.717) is 5.69 Å². The van der Waals surface area contributed by atoms with E-state index in [1.54, 1.807) is 0 Å². The van der Waals surface area contributed by atoms with Crippen LogP contribution in [0.15, 0.2) is 6.07 Å². The van der Waals surface area contributed by atoms with Crippen LogP contribution in [0.2, 0.25) is 0 Å². The predicted octanol–water partition coefficient (Wildman–Crippen LogP) is 0.132. The molecular formula is C6H8N4O2. The van der Waals surface area contributed by atoms with Crippen LogP contribution < -0.4 is 5.73 Å². The van der Waals surface area contributed by atoms with E-state index in [9.17, 15) is 10.1 Å². The van der Waals surface area contributed by atoms with Crippen LogP contribution in [-0.2, 0) is 0 Å². The molecule has 1 aliphatic rings. The summed E-state index contributed by atoms with van der Waals surface area (Å²) in [5.74, 6) is 0.152. The first kappa shape index (κ1) is 7.23. The fourth-order valence-electron chi connectivity index (χ4n) is 1.16. The lowest BCUT2D eigenvalue weighted by atomic mass is 10.3. The van der Waals surface area contributed by atoms with Crippen LogP contribution in [0.4, 0.5) is 5.82 Å². The standard InChI is InChI=1S/C6H8N4O2/c7-4-1-3(4)5-2-6(9-8-5)10(11)12/h2-4H,1,7H2,(H,8,9)/t3-,4-/m1/s1. The molecule has 1 aromatic rings.